The Labute approximate surface area is 183 Å². The molecule has 0 aliphatic rings. The van der Waals surface area contributed by atoms with Crippen LogP contribution in [-0.2, 0) is 5.75 Å². The highest BCUT2D eigenvalue weighted by Gasteiger charge is 2.19. The molecule has 0 radical (unpaired) electrons. The smallest absolute Gasteiger partial charge is 0.252 e. The van der Waals surface area contributed by atoms with Crippen molar-refractivity contribution < 1.29 is 9.53 Å². The van der Waals surface area contributed by atoms with Gasteiger partial charge in [-0.2, -0.15) is 0 Å². The molecule has 4 heteroatoms. The topological polar surface area (TPSA) is 38.3 Å². The first kappa shape index (κ1) is 22.0. The number of amides is 1. The van der Waals surface area contributed by atoms with E-state index in [0.717, 1.165) is 33.9 Å². The Morgan fingerprint density at radius 3 is 2.27 bits per heavy atom. The third-order valence-corrected chi connectivity index (χ3v) is 6.04. The van der Waals surface area contributed by atoms with Crippen molar-refractivity contribution in [3.05, 3.63) is 95.6 Å². The summed E-state index contributed by atoms with van der Waals surface area (Å²) >= 11 is 1.69. The third kappa shape index (κ3) is 6.14. The number of hydrogen-bond donors (Lipinski definition) is 1. The Kier molecular flexibility index (Phi) is 7.97. The fourth-order valence-corrected chi connectivity index (χ4v) is 4.34. The van der Waals surface area contributed by atoms with E-state index >= 15 is 0 Å². The van der Waals surface area contributed by atoms with Gasteiger partial charge in [-0.1, -0.05) is 68.4 Å². The second-order valence-corrected chi connectivity index (χ2v) is 8.72. The molecule has 0 unspecified atom stereocenters. The van der Waals surface area contributed by atoms with Gasteiger partial charge in [-0.05, 0) is 47.7 Å². The van der Waals surface area contributed by atoms with Crippen molar-refractivity contribution in [3.8, 4) is 5.75 Å². The van der Waals surface area contributed by atoms with Gasteiger partial charge in [-0.25, -0.2) is 0 Å². The molecule has 0 aliphatic heterocycles. The molecule has 3 nitrogen and oxygen atoms in total. The molecule has 0 fully saturated rings. The van der Waals surface area contributed by atoms with Crippen molar-refractivity contribution >= 4 is 17.7 Å². The van der Waals surface area contributed by atoms with E-state index in [9.17, 15) is 4.79 Å². The van der Waals surface area contributed by atoms with Crippen molar-refractivity contribution in [1.82, 2.24) is 5.32 Å². The van der Waals surface area contributed by atoms with Gasteiger partial charge in [0, 0.05) is 10.6 Å². The van der Waals surface area contributed by atoms with Gasteiger partial charge >= 0.3 is 0 Å². The van der Waals surface area contributed by atoms with Crippen LogP contribution in [0.1, 0.15) is 47.8 Å². The van der Waals surface area contributed by atoms with E-state index in [4.69, 9.17) is 4.74 Å². The molecule has 0 saturated carbocycles. The summed E-state index contributed by atoms with van der Waals surface area (Å²) in [6.07, 6.45) is 0.872. The summed E-state index contributed by atoms with van der Waals surface area (Å²) < 4.78 is 5.27. The Hall–Kier alpha value is -2.72. The summed E-state index contributed by atoms with van der Waals surface area (Å²) in [4.78, 5) is 14.2. The first-order chi connectivity index (χ1) is 14.6. The highest BCUT2D eigenvalue weighted by atomic mass is 32.2. The summed E-state index contributed by atoms with van der Waals surface area (Å²) in [5.74, 6) is 2.07. The lowest BCUT2D eigenvalue weighted by atomic mass is 9.96. The maximum absolute atomic E-state index is 13.2. The Morgan fingerprint density at radius 1 is 0.933 bits per heavy atom. The van der Waals surface area contributed by atoms with Crippen LogP contribution in [0.2, 0.25) is 0 Å². The van der Waals surface area contributed by atoms with Crippen molar-refractivity contribution in [2.24, 2.45) is 5.92 Å². The van der Waals surface area contributed by atoms with Gasteiger partial charge in [0.05, 0.1) is 18.7 Å². The number of hydrogen-bond acceptors (Lipinski definition) is 3. The second kappa shape index (κ2) is 10.9. The fourth-order valence-electron chi connectivity index (χ4n) is 3.34. The normalized spacial score (nSPS) is 11.9. The molecule has 3 rings (SSSR count). The summed E-state index contributed by atoms with van der Waals surface area (Å²) in [7, 11) is 1.66. The molecule has 0 aliphatic carbocycles. The predicted molar refractivity (Wildman–Crippen MR) is 125 cm³/mol. The second-order valence-electron chi connectivity index (χ2n) is 7.70. The van der Waals surface area contributed by atoms with Gasteiger partial charge < -0.3 is 10.1 Å². The van der Waals surface area contributed by atoms with Crippen LogP contribution in [0.3, 0.4) is 0 Å². The fraction of sp³-hybridized carbons (Fsp3) is 0.269. The summed E-state index contributed by atoms with van der Waals surface area (Å²) in [6, 6.07) is 26.1. The Bertz CT molecular complexity index is 939. The molecule has 1 N–H and O–H groups in total. The highest BCUT2D eigenvalue weighted by molar-refractivity contribution is 7.98. The molecule has 0 saturated heterocycles. The van der Waals surface area contributed by atoms with Crippen LogP contribution in [-0.4, -0.2) is 13.0 Å². The molecule has 0 spiro atoms. The average Bonchev–Trinajstić information content (AvgIpc) is 2.78. The van der Waals surface area contributed by atoms with E-state index in [-0.39, 0.29) is 11.9 Å². The Morgan fingerprint density at radius 2 is 1.60 bits per heavy atom. The molecule has 3 aromatic rings. The number of rotatable bonds is 9. The lowest BCUT2D eigenvalue weighted by Gasteiger charge is -2.22. The zero-order valence-electron chi connectivity index (χ0n) is 17.8. The summed E-state index contributed by atoms with van der Waals surface area (Å²) in [5.41, 5.74) is 3.06. The van der Waals surface area contributed by atoms with Crippen LogP contribution >= 0.6 is 11.8 Å². The number of benzene rings is 3. The van der Waals surface area contributed by atoms with Crippen LogP contribution in [0.4, 0.5) is 0 Å². The predicted octanol–water partition coefficient (Wildman–Crippen LogP) is 6.50. The number of carbonyl (C=O) groups excluding carboxylic acids is 1. The molecule has 3 aromatic carbocycles. The van der Waals surface area contributed by atoms with Crippen molar-refractivity contribution in [2.45, 2.75) is 37.0 Å². The van der Waals surface area contributed by atoms with E-state index in [1.807, 2.05) is 66.7 Å². The average molecular weight is 420 g/mol. The van der Waals surface area contributed by atoms with Gasteiger partial charge in [-0.3, -0.25) is 4.79 Å². The quantitative estimate of drug-likeness (QED) is 0.402. The summed E-state index contributed by atoms with van der Waals surface area (Å²) in [6.45, 7) is 4.35. The van der Waals surface area contributed by atoms with Gasteiger partial charge in [0.15, 0.2) is 0 Å². The van der Waals surface area contributed by atoms with E-state index in [2.05, 4.69) is 31.3 Å². The number of ether oxygens (including phenoxy) is 1. The van der Waals surface area contributed by atoms with Crippen LogP contribution in [0, 0.1) is 5.92 Å². The van der Waals surface area contributed by atoms with Gasteiger partial charge in [0.25, 0.3) is 5.91 Å². The first-order valence-electron chi connectivity index (χ1n) is 10.3. The Balaban J connectivity index is 1.76. The zero-order valence-corrected chi connectivity index (χ0v) is 18.6. The molecule has 1 atom stereocenters. The minimum Gasteiger partial charge on any atom is -0.497 e. The molecule has 0 bridgehead atoms. The summed E-state index contributed by atoms with van der Waals surface area (Å²) in [5, 5.41) is 3.26. The minimum absolute atomic E-state index is 0.0346. The van der Waals surface area contributed by atoms with Gasteiger partial charge in [-0.15, -0.1) is 11.8 Å². The van der Waals surface area contributed by atoms with Crippen molar-refractivity contribution in [3.63, 3.8) is 0 Å². The molecule has 0 heterocycles. The SMILES string of the molecule is COc1ccc([C@H](CC(C)C)NC(=O)c2ccccc2SCc2ccccc2)cc1. The largest absolute Gasteiger partial charge is 0.497 e. The molecule has 1 amide bonds. The lowest BCUT2D eigenvalue weighted by molar-refractivity contribution is 0.0929. The molecule has 0 aromatic heterocycles. The van der Waals surface area contributed by atoms with Crippen LogP contribution in [0.15, 0.2) is 83.8 Å². The molecule has 156 valence electrons. The minimum atomic E-state index is -0.0458. The molecular formula is C26H29NO2S. The first-order valence-corrected chi connectivity index (χ1v) is 11.3. The van der Waals surface area contributed by atoms with Crippen LogP contribution in [0.25, 0.3) is 0 Å². The van der Waals surface area contributed by atoms with Crippen LogP contribution < -0.4 is 10.1 Å². The van der Waals surface area contributed by atoms with Crippen molar-refractivity contribution in [2.75, 3.05) is 7.11 Å². The van der Waals surface area contributed by atoms with Crippen LogP contribution in [0.5, 0.6) is 5.75 Å². The maximum atomic E-state index is 13.2. The molecule has 30 heavy (non-hydrogen) atoms. The lowest BCUT2D eigenvalue weighted by Crippen LogP contribution is -2.30. The maximum Gasteiger partial charge on any atom is 0.252 e. The number of methoxy groups -OCH3 is 1. The number of carbonyl (C=O) groups is 1. The number of nitrogens with one attached hydrogen (secondary N) is 1. The highest BCUT2D eigenvalue weighted by Crippen LogP contribution is 2.28. The van der Waals surface area contributed by atoms with Gasteiger partial charge in [0.1, 0.15) is 5.75 Å². The van der Waals surface area contributed by atoms with Crippen molar-refractivity contribution in [1.29, 1.82) is 0 Å². The molecular weight excluding hydrogens is 390 g/mol. The monoisotopic (exact) mass is 419 g/mol. The number of thioether (sulfide) groups is 1. The third-order valence-electron chi connectivity index (χ3n) is 4.90. The van der Waals surface area contributed by atoms with E-state index in [1.54, 1.807) is 18.9 Å². The van der Waals surface area contributed by atoms with E-state index in [1.165, 1.54) is 5.56 Å². The van der Waals surface area contributed by atoms with E-state index in [0.29, 0.717) is 5.92 Å². The van der Waals surface area contributed by atoms with E-state index < -0.39 is 0 Å². The standard InChI is InChI=1S/C26H29NO2S/c1-19(2)17-24(21-13-15-22(29-3)16-14-21)27-26(28)23-11-7-8-12-25(23)30-18-20-9-5-4-6-10-20/h4-16,19,24H,17-18H2,1-3H3,(H,27,28)/t24-/m0/s1. The zero-order chi connectivity index (χ0) is 21.3. The van der Waals surface area contributed by atoms with Gasteiger partial charge in [0.2, 0.25) is 0 Å².